The number of anilines is 1. The van der Waals surface area contributed by atoms with Crippen LogP contribution in [-0.2, 0) is 28.7 Å². The van der Waals surface area contributed by atoms with Crippen molar-refractivity contribution in [3.8, 4) is 0 Å². The number of carbonyl (C=O) groups excluding carboxylic acids is 7. The van der Waals surface area contributed by atoms with Gasteiger partial charge in [-0.25, -0.2) is 4.79 Å². The van der Waals surface area contributed by atoms with Gasteiger partial charge in [-0.1, -0.05) is 50.2 Å². The average molecular weight is 537 g/mol. The molecule has 0 aromatic heterocycles. The van der Waals surface area contributed by atoms with Crippen molar-refractivity contribution in [3.63, 3.8) is 0 Å². The molecule has 0 fully saturated rings. The molecule has 0 radical (unpaired) electrons. The van der Waals surface area contributed by atoms with Crippen molar-refractivity contribution < 1.29 is 38.3 Å². The van der Waals surface area contributed by atoms with Gasteiger partial charge in [-0.2, -0.15) is 0 Å². The minimum Gasteiger partial charge on any atom is -0.467 e. The van der Waals surface area contributed by atoms with E-state index in [9.17, 15) is 33.6 Å². The predicted octanol–water partition coefficient (Wildman–Crippen LogP) is 0.337. The maximum atomic E-state index is 13.0. The molecule has 0 spiro atoms. The molecule has 12 nitrogen and oxygen atoms in total. The highest BCUT2D eigenvalue weighted by Crippen LogP contribution is 2.31. The normalized spacial score (nSPS) is 12.5. The fourth-order valence-corrected chi connectivity index (χ4v) is 3.99. The number of amides is 4. The molecule has 0 saturated carbocycles. The summed E-state index contributed by atoms with van der Waals surface area (Å²) in [5, 5.41) is 9.21. The Balaban J connectivity index is 1.53. The highest BCUT2D eigenvalue weighted by molar-refractivity contribution is 6.40. The van der Waals surface area contributed by atoms with E-state index in [1.165, 1.54) is 31.4 Å². The lowest BCUT2D eigenvalue weighted by molar-refractivity contribution is -0.147. The number of carbonyl (C=O) groups is 7. The third kappa shape index (κ3) is 6.72. The molecule has 204 valence electrons. The van der Waals surface area contributed by atoms with E-state index in [-0.39, 0.29) is 59.2 Å². The summed E-state index contributed by atoms with van der Waals surface area (Å²) in [6.07, 6.45) is 0.272. The van der Waals surface area contributed by atoms with Crippen LogP contribution in [0.2, 0.25) is 0 Å². The lowest BCUT2D eigenvalue weighted by Crippen LogP contribution is -2.49. The standard InChI is InChI=1S/C27H28N4O8/c1-14(2)13-19(27(38)39-3)31-26(37)24(35)29-12-11-28-23(34)25(36)30-18-10-6-9-17-20(18)22(33)16-8-5-4-7-15(16)21(17)32/h4-10,14,19H,11-13H2,1-3H3,(H,28,34)(H,29,35)(H,30,36)(H,31,37)/t19-/m0/s1. The summed E-state index contributed by atoms with van der Waals surface area (Å²) in [7, 11) is 1.17. The second-order valence-corrected chi connectivity index (χ2v) is 9.08. The molecular weight excluding hydrogens is 508 g/mol. The molecule has 2 aromatic rings. The number of ether oxygens (including phenoxy) is 1. The minimum atomic E-state index is -1.10. The average Bonchev–Trinajstić information content (AvgIpc) is 2.92. The van der Waals surface area contributed by atoms with Crippen LogP contribution >= 0.6 is 0 Å². The molecule has 1 aliphatic carbocycles. The van der Waals surface area contributed by atoms with Gasteiger partial charge in [-0.3, -0.25) is 28.8 Å². The van der Waals surface area contributed by atoms with Crippen LogP contribution in [0.15, 0.2) is 42.5 Å². The fraction of sp³-hybridized carbons (Fsp3) is 0.296. The molecule has 4 amide bonds. The molecule has 0 aliphatic heterocycles. The number of benzene rings is 2. The third-order valence-electron chi connectivity index (χ3n) is 5.81. The van der Waals surface area contributed by atoms with Crippen LogP contribution in [0.25, 0.3) is 0 Å². The first-order valence-corrected chi connectivity index (χ1v) is 12.1. The summed E-state index contributed by atoms with van der Waals surface area (Å²) in [6, 6.07) is 9.69. The van der Waals surface area contributed by atoms with Crippen LogP contribution in [0.1, 0.15) is 52.1 Å². The van der Waals surface area contributed by atoms with Gasteiger partial charge < -0.3 is 26.0 Å². The minimum absolute atomic E-state index is 0.00651. The van der Waals surface area contributed by atoms with E-state index >= 15 is 0 Å². The van der Waals surface area contributed by atoms with E-state index in [1.807, 2.05) is 13.8 Å². The third-order valence-corrected chi connectivity index (χ3v) is 5.81. The molecule has 4 N–H and O–H groups in total. The van der Waals surface area contributed by atoms with Gasteiger partial charge in [0.05, 0.1) is 18.4 Å². The van der Waals surface area contributed by atoms with Gasteiger partial charge >= 0.3 is 29.6 Å². The number of hydrogen-bond donors (Lipinski definition) is 4. The molecule has 0 heterocycles. The van der Waals surface area contributed by atoms with E-state index in [0.717, 1.165) is 0 Å². The van der Waals surface area contributed by atoms with Gasteiger partial charge in [0.2, 0.25) is 0 Å². The molecular formula is C27H28N4O8. The van der Waals surface area contributed by atoms with Crippen LogP contribution in [0.4, 0.5) is 5.69 Å². The summed E-state index contributed by atoms with van der Waals surface area (Å²) >= 11 is 0. The Hall–Kier alpha value is -4.87. The Labute approximate surface area is 223 Å². The van der Waals surface area contributed by atoms with Crippen molar-refractivity contribution in [3.05, 3.63) is 64.7 Å². The first-order chi connectivity index (χ1) is 18.5. The van der Waals surface area contributed by atoms with Crippen LogP contribution in [0.5, 0.6) is 0 Å². The van der Waals surface area contributed by atoms with E-state index in [0.29, 0.717) is 0 Å². The van der Waals surface area contributed by atoms with Crippen molar-refractivity contribution in [1.29, 1.82) is 0 Å². The summed E-state index contributed by atoms with van der Waals surface area (Å²) in [5.74, 6) is -5.71. The Morgan fingerprint density at radius 1 is 0.744 bits per heavy atom. The number of rotatable bonds is 8. The number of esters is 1. The fourth-order valence-electron chi connectivity index (χ4n) is 3.99. The second kappa shape index (κ2) is 12.6. The Morgan fingerprint density at radius 3 is 1.90 bits per heavy atom. The van der Waals surface area contributed by atoms with Gasteiger partial charge in [0.25, 0.3) is 0 Å². The van der Waals surface area contributed by atoms with E-state index in [2.05, 4.69) is 26.0 Å². The lowest BCUT2D eigenvalue weighted by Gasteiger charge is -2.20. The number of nitrogens with one attached hydrogen (secondary N) is 4. The SMILES string of the molecule is COC(=O)[C@H](CC(C)C)NC(=O)C(=O)NCCNC(=O)C(=O)Nc1cccc2c1C(=O)c1ccccc1C2=O. The molecule has 1 aliphatic rings. The highest BCUT2D eigenvalue weighted by Gasteiger charge is 2.32. The van der Waals surface area contributed by atoms with E-state index in [4.69, 9.17) is 0 Å². The molecule has 2 aromatic carbocycles. The van der Waals surface area contributed by atoms with E-state index < -0.39 is 41.4 Å². The highest BCUT2D eigenvalue weighted by atomic mass is 16.5. The monoisotopic (exact) mass is 536 g/mol. The first kappa shape index (κ1) is 28.7. The summed E-state index contributed by atoms with van der Waals surface area (Å²) in [4.78, 5) is 86.6. The number of ketones is 2. The van der Waals surface area contributed by atoms with Gasteiger partial charge in [0.15, 0.2) is 11.6 Å². The topological polar surface area (TPSA) is 177 Å². The van der Waals surface area contributed by atoms with Crippen LogP contribution in [0, 0.1) is 5.92 Å². The maximum absolute atomic E-state index is 13.0. The maximum Gasteiger partial charge on any atom is 0.328 e. The predicted molar refractivity (Wildman–Crippen MR) is 138 cm³/mol. The molecule has 39 heavy (non-hydrogen) atoms. The molecule has 3 rings (SSSR count). The molecule has 12 heteroatoms. The van der Waals surface area contributed by atoms with Gasteiger partial charge in [-0.05, 0) is 18.4 Å². The van der Waals surface area contributed by atoms with Gasteiger partial charge in [-0.15, -0.1) is 0 Å². The summed E-state index contributed by atoms with van der Waals surface area (Å²) < 4.78 is 4.64. The van der Waals surface area contributed by atoms with Crippen molar-refractivity contribution in [2.75, 3.05) is 25.5 Å². The molecule has 0 bridgehead atoms. The number of hydrogen-bond acceptors (Lipinski definition) is 8. The van der Waals surface area contributed by atoms with Gasteiger partial charge in [0, 0.05) is 29.8 Å². The zero-order valence-electron chi connectivity index (χ0n) is 21.6. The van der Waals surface area contributed by atoms with Crippen LogP contribution in [0.3, 0.4) is 0 Å². The van der Waals surface area contributed by atoms with Gasteiger partial charge in [0.1, 0.15) is 6.04 Å². The Bertz CT molecular complexity index is 1350. The van der Waals surface area contributed by atoms with Crippen LogP contribution < -0.4 is 21.3 Å². The summed E-state index contributed by atoms with van der Waals surface area (Å²) in [6.45, 7) is 3.28. The largest absolute Gasteiger partial charge is 0.467 e. The van der Waals surface area contributed by atoms with Crippen molar-refractivity contribution in [2.24, 2.45) is 5.92 Å². The van der Waals surface area contributed by atoms with Crippen LogP contribution in [-0.4, -0.2) is 67.4 Å². The van der Waals surface area contributed by atoms with Crippen molar-refractivity contribution in [1.82, 2.24) is 16.0 Å². The molecule has 0 saturated heterocycles. The smallest absolute Gasteiger partial charge is 0.328 e. The first-order valence-electron chi connectivity index (χ1n) is 12.1. The molecule has 0 unspecified atom stereocenters. The van der Waals surface area contributed by atoms with E-state index in [1.54, 1.807) is 18.2 Å². The Morgan fingerprint density at radius 2 is 1.31 bits per heavy atom. The summed E-state index contributed by atoms with van der Waals surface area (Å²) in [5.41, 5.74) is 0.562. The zero-order valence-corrected chi connectivity index (χ0v) is 21.6. The van der Waals surface area contributed by atoms with Crippen molar-refractivity contribution >= 4 is 46.9 Å². The molecule has 1 atom stereocenters. The lowest BCUT2D eigenvalue weighted by atomic mass is 9.83. The Kier molecular flexibility index (Phi) is 9.26. The quantitative estimate of drug-likeness (QED) is 0.181. The number of fused-ring (bicyclic) bond motifs is 2. The zero-order chi connectivity index (χ0) is 28.7. The number of methoxy groups -OCH3 is 1. The second-order valence-electron chi connectivity index (χ2n) is 9.08. The van der Waals surface area contributed by atoms with Crippen molar-refractivity contribution in [2.45, 2.75) is 26.3 Å².